The van der Waals surface area contributed by atoms with Crippen LogP contribution in [0, 0.1) is 0 Å². The minimum absolute atomic E-state index is 0.364. The first kappa shape index (κ1) is 48.8. The van der Waals surface area contributed by atoms with Gasteiger partial charge in [0.2, 0.25) is 5.91 Å². The van der Waals surface area contributed by atoms with Gasteiger partial charge in [0.1, 0.15) is 12.2 Å². The smallest absolute Gasteiger partial charge is 0.249 e. The monoisotopic (exact) mass is 708 g/mol. The van der Waals surface area contributed by atoms with E-state index >= 15 is 0 Å². The van der Waals surface area contributed by atoms with Gasteiger partial charge < -0.3 is 25.7 Å². The highest BCUT2D eigenvalue weighted by molar-refractivity contribution is 5.80. The van der Waals surface area contributed by atoms with Crippen LogP contribution in [0.4, 0.5) is 0 Å². The molecule has 0 radical (unpaired) electrons. The maximum Gasteiger partial charge on any atom is 0.249 e. The molecule has 6 heteroatoms. The third kappa shape index (κ3) is 32.7. The SMILES string of the molecule is CCCCCCCCC/C=C/CC/C=C/CCCC(O)C(O)C(CO)NC(=O)C(O)CCCCCCCCCCCCCCCCCCCC. The molecule has 0 spiro atoms. The zero-order valence-corrected chi connectivity index (χ0v) is 33.2. The molecule has 0 aliphatic carbocycles. The molecule has 50 heavy (non-hydrogen) atoms. The first-order chi connectivity index (χ1) is 24.5. The third-order valence-corrected chi connectivity index (χ3v) is 10.1. The fraction of sp³-hybridized carbons (Fsp3) is 0.886. The van der Waals surface area contributed by atoms with Gasteiger partial charge in [-0.1, -0.05) is 192 Å². The zero-order valence-electron chi connectivity index (χ0n) is 33.2. The molecule has 0 saturated heterocycles. The van der Waals surface area contributed by atoms with Crippen LogP contribution >= 0.6 is 0 Å². The first-order valence-corrected chi connectivity index (χ1v) is 21.7. The number of unbranched alkanes of at least 4 members (excludes halogenated alkanes) is 26. The highest BCUT2D eigenvalue weighted by Gasteiger charge is 2.28. The van der Waals surface area contributed by atoms with Gasteiger partial charge in [-0.2, -0.15) is 0 Å². The van der Waals surface area contributed by atoms with Crippen molar-refractivity contribution >= 4 is 5.91 Å². The van der Waals surface area contributed by atoms with Crippen molar-refractivity contribution in [1.29, 1.82) is 0 Å². The molecule has 4 unspecified atom stereocenters. The Labute approximate surface area is 310 Å². The van der Waals surface area contributed by atoms with Gasteiger partial charge in [0.05, 0.1) is 18.8 Å². The van der Waals surface area contributed by atoms with Crippen LogP contribution in [0.15, 0.2) is 24.3 Å². The summed E-state index contributed by atoms with van der Waals surface area (Å²) in [7, 11) is 0. The fourth-order valence-corrected chi connectivity index (χ4v) is 6.66. The Morgan fingerprint density at radius 3 is 1.26 bits per heavy atom. The molecule has 0 aliphatic rings. The van der Waals surface area contributed by atoms with E-state index in [1.54, 1.807) is 0 Å². The summed E-state index contributed by atoms with van der Waals surface area (Å²) in [5.74, 6) is -0.596. The van der Waals surface area contributed by atoms with E-state index in [0.29, 0.717) is 19.3 Å². The molecule has 0 heterocycles. The number of hydrogen-bond acceptors (Lipinski definition) is 5. The Hall–Kier alpha value is -1.21. The number of carbonyl (C=O) groups is 1. The maximum atomic E-state index is 12.5. The van der Waals surface area contributed by atoms with Crippen molar-refractivity contribution in [2.24, 2.45) is 0 Å². The number of rotatable bonds is 39. The summed E-state index contributed by atoms with van der Waals surface area (Å²) in [6.45, 7) is 4.03. The van der Waals surface area contributed by atoms with Crippen molar-refractivity contribution in [3.63, 3.8) is 0 Å². The van der Waals surface area contributed by atoms with Gasteiger partial charge in [0, 0.05) is 0 Å². The van der Waals surface area contributed by atoms with Gasteiger partial charge in [-0.15, -0.1) is 0 Å². The Balaban J connectivity index is 3.79. The molecule has 5 N–H and O–H groups in total. The number of allylic oxidation sites excluding steroid dienone is 4. The number of nitrogens with one attached hydrogen (secondary N) is 1. The quantitative estimate of drug-likeness (QED) is 0.0323. The normalized spacial score (nSPS) is 14.4. The van der Waals surface area contributed by atoms with E-state index in [1.807, 2.05) is 0 Å². The summed E-state index contributed by atoms with van der Waals surface area (Å²) in [5.41, 5.74) is 0. The summed E-state index contributed by atoms with van der Waals surface area (Å²) in [5, 5.41) is 43.6. The Bertz CT molecular complexity index is 757. The number of hydrogen-bond donors (Lipinski definition) is 5. The second-order valence-corrected chi connectivity index (χ2v) is 15.0. The highest BCUT2D eigenvalue weighted by Crippen LogP contribution is 2.16. The van der Waals surface area contributed by atoms with Crippen LogP contribution in [0.3, 0.4) is 0 Å². The molecule has 0 fully saturated rings. The molecule has 0 rings (SSSR count). The van der Waals surface area contributed by atoms with Crippen molar-refractivity contribution < 1.29 is 25.2 Å². The molecule has 6 nitrogen and oxygen atoms in total. The average molecular weight is 708 g/mol. The van der Waals surface area contributed by atoms with Gasteiger partial charge in [0.15, 0.2) is 0 Å². The minimum Gasteiger partial charge on any atom is -0.394 e. The van der Waals surface area contributed by atoms with E-state index in [2.05, 4.69) is 43.5 Å². The van der Waals surface area contributed by atoms with Crippen molar-refractivity contribution in [1.82, 2.24) is 5.32 Å². The standard InChI is InChI=1S/C44H85NO5/c1-3-5-7-9-11-13-15-17-19-21-22-24-26-28-30-32-34-36-38-42(48)44(50)45-40(39-46)43(49)41(47)37-35-33-31-29-27-25-23-20-18-16-14-12-10-8-6-4-2/h20,23,29,31,40-43,46-49H,3-19,21-22,24-28,30,32-39H2,1-2H3,(H,45,50)/b23-20+,31-29+. The minimum atomic E-state index is -1.29. The third-order valence-electron chi connectivity index (χ3n) is 10.1. The summed E-state index contributed by atoms with van der Waals surface area (Å²) >= 11 is 0. The lowest BCUT2D eigenvalue weighted by atomic mass is 10.00. The van der Waals surface area contributed by atoms with Crippen LogP contribution in [0.2, 0.25) is 0 Å². The lowest BCUT2D eigenvalue weighted by Gasteiger charge is -2.27. The zero-order chi connectivity index (χ0) is 36.8. The Morgan fingerprint density at radius 2 is 0.840 bits per heavy atom. The van der Waals surface area contributed by atoms with Crippen molar-refractivity contribution in [3.05, 3.63) is 24.3 Å². The van der Waals surface area contributed by atoms with Crippen molar-refractivity contribution in [2.45, 2.75) is 244 Å². The van der Waals surface area contributed by atoms with Gasteiger partial charge >= 0.3 is 0 Å². The van der Waals surface area contributed by atoms with E-state index in [9.17, 15) is 25.2 Å². The molecule has 296 valence electrons. The lowest BCUT2D eigenvalue weighted by Crippen LogP contribution is -2.53. The summed E-state index contributed by atoms with van der Waals surface area (Å²) in [6, 6.07) is -1.00. The molecule has 0 aromatic carbocycles. The Kier molecular flexibility index (Phi) is 38.1. The Morgan fingerprint density at radius 1 is 0.480 bits per heavy atom. The predicted molar refractivity (Wildman–Crippen MR) is 214 cm³/mol. The summed E-state index contributed by atoms with van der Waals surface area (Å²) in [6.07, 6.45) is 43.5. The van der Waals surface area contributed by atoms with Crippen LogP contribution in [0.5, 0.6) is 0 Å². The first-order valence-electron chi connectivity index (χ1n) is 21.7. The summed E-state index contributed by atoms with van der Waals surface area (Å²) < 4.78 is 0. The molecule has 0 aromatic rings. The van der Waals surface area contributed by atoms with Crippen LogP contribution < -0.4 is 5.32 Å². The molecule has 4 atom stereocenters. The maximum absolute atomic E-state index is 12.5. The molecule has 0 aliphatic heterocycles. The van der Waals surface area contributed by atoms with Gasteiger partial charge in [-0.05, 0) is 51.4 Å². The average Bonchev–Trinajstić information content (AvgIpc) is 3.12. The van der Waals surface area contributed by atoms with Gasteiger partial charge in [0.25, 0.3) is 0 Å². The van der Waals surface area contributed by atoms with E-state index in [4.69, 9.17) is 0 Å². The van der Waals surface area contributed by atoms with Gasteiger partial charge in [-0.3, -0.25) is 4.79 Å². The molecule has 1 amide bonds. The molecular weight excluding hydrogens is 622 g/mol. The van der Waals surface area contributed by atoms with Crippen molar-refractivity contribution in [2.75, 3.05) is 6.61 Å². The topological polar surface area (TPSA) is 110 Å². The molecule has 0 aromatic heterocycles. The fourth-order valence-electron chi connectivity index (χ4n) is 6.66. The number of aliphatic hydroxyl groups is 4. The molecular formula is C44H85NO5. The van der Waals surface area contributed by atoms with Crippen molar-refractivity contribution in [3.8, 4) is 0 Å². The molecule has 0 bridgehead atoms. The van der Waals surface area contributed by atoms with Crippen LogP contribution in [0.25, 0.3) is 0 Å². The van der Waals surface area contributed by atoms with E-state index in [1.165, 1.54) is 148 Å². The van der Waals surface area contributed by atoms with Crippen LogP contribution in [-0.4, -0.2) is 57.3 Å². The second-order valence-electron chi connectivity index (χ2n) is 15.0. The lowest BCUT2D eigenvalue weighted by molar-refractivity contribution is -0.132. The number of amides is 1. The van der Waals surface area contributed by atoms with E-state index in [0.717, 1.165) is 38.5 Å². The largest absolute Gasteiger partial charge is 0.394 e. The number of carbonyl (C=O) groups excluding carboxylic acids is 1. The predicted octanol–water partition coefficient (Wildman–Crippen LogP) is 11.2. The summed E-state index contributed by atoms with van der Waals surface area (Å²) in [4.78, 5) is 12.5. The highest BCUT2D eigenvalue weighted by atomic mass is 16.3. The van der Waals surface area contributed by atoms with Crippen LogP contribution in [-0.2, 0) is 4.79 Å². The molecule has 0 saturated carbocycles. The second kappa shape index (κ2) is 39.0. The van der Waals surface area contributed by atoms with E-state index in [-0.39, 0.29) is 0 Å². The van der Waals surface area contributed by atoms with Gasteiger partial charge in [-0.25, -0.2) is 0 Å². The number of aliphatic hydroxyl groups excluding tert-OH is 4. The van der Waals surface area contributed by atoms with E-state index < -0.39 is 36.9 Å². The van der Waals surface area contributed by atoms with Crippen LogP contribution in [0.1, 0.15) is 219 Å².